The highest BCUT2D eigenvalue weighted by molar-refractivity contribution is 6.31. The van der Waals surface area contributed by atoms with E-state index >= 15 is 0 Å². The molecule has 0 aliphatic rings. The molecule has 0 bridgehead atoms. The molecule has 0 unspecified atom stereocenters. The Bertz CT molecular complexity index is 950. The van der Waals surface area contributed by atoms with Crippen LogP contribution in [0.2, 0.25) is 5.02 Å². The van der Waals surface area contributed by atoms with Gasteiger partial charge in [-0.25, -0.2) is 18.6 Å². The first-order valence-corrected chi connectivity index (χ1v) is 8.11. The van der Waals surface area contributed by atoms with Crippen LogP contribution in [0.5, 0.6) is 0 Å². The average molecular weight is 374 g/mol. The van der Waals surface area contributed by atoms with Gasteiger partial charge in [-0.15, -0.1) is 0 Å². The summed E-state index contributed by atoms with van der Waals surface area (Å²) in [5.74, 6) is -1.15. The SMILES string of the molecule is O=C(NCc1ccccc1Cl)Nc1cccc(-c2ccc(F)cc2F)n1. The molecular formula is C19H14ClF2N3O. The Morgan fingerprint density at radius 2 is 1.85 bits per heavy atom. The van der Waals surface area contributed by atoms with Gasteiger partial charge >= 0.3 is 6.03 Å². The van der Waals surface area contributed by atoms with Crippen LogP contribution < -0.4 is 10.6 Å². The van der Waals surface area contributed by atoms with E-state index in [2.05, 4.69) is 15.6 Å². The van der Waals surface area contributed by atoms with E-state index in [1.165, 1.54) is 6.07 Å². The Labute approximate surface area is 153 Å². The average Bonchev–Trinajstić information content (AvgIpc) is 2.61. The molecule has 0 radical (unpaired) electrons. The van der Waals surface area contributed by atoms with E-state index in [0.29, 0.717) is 5.02 Å². The smallest absolute Gasteiger partial charge is 0.320 e. The van der Waals surface area contributed by atoms with Crippen molar-refractivity contribution in [2.75, 3.05) is 5.32 Å². The Kier molecular flexibility index (Phi) is 5.43. The molecule has 0 spiro atoms. The molecule has 2 aromatic carbocycles. The minimum atomic E-state index is -0.724. The molecule has 2 amide bonds. The Morgan fingerprint density at radius 3 is 2.62 bits per heavy atom. The van der Waals surface area contributed by atoms with Gasteiger partial charge in [-0.1, -0.05) is 35.9 Å². The van der Waals surface area contributed by atoms with Gasteiger partial charge in [0.25, 0.3) is 0 Å². The molecule has 3 rings (SSSR count). The summed E-state index contributed by atoms with van der Waals surface area (Å²) in [6, 6.07) is 14.7. The molecule has 0 aliphatic carbocycles. The standard InChI is InChI=1S/C19H14ClF2N3O/c20-15-5-2-1-4-12(15)11-23-19(26)25-18-7-3-6-17(24-18)14-9-8-13(21)10-16(14)22/h1-10H,11H2,(H2,23,24,25,26). The maximum atomic E-state index is 13.9. The van der Waals surface area contributed by atoms with E-state index < -0.39 is 17.7 Å². The number of nitrogens with zero attached hydrogens (tertiary/aromatic N) is 1. The van der Waals surface area contributed by atoms with Crippen LogP contribution in [0.15, 0.2) is 60.7 Å². The van der Waals surface area contributed by atoms with Crippen LogP contribution in [0.25, 0.3) is 11.3 Å². The maximum absolute atomic E-state index is 13.9. The van der Waals surface area contributed by atoms with Crippen LogP contribution in [0.1, 0.15) is 5.56 Å². The number of anilines is 1. The molecule has 4 nitrogen and oxygen atoms in total. The summed E-state index contributed by atoms with van der Waals surface area (Å²) in [6.07, 6.45) is 0. The molecule has 0 saturated heterocycles. The molecule has 26 heavy (non-hydrogen) atoms. The minimum Gasteiger partial charge on any atom is -0.334 e. The predicted molar refractivity (Wildman–Crippen MR) is 96.9 cm³/mol. The molecular weight excluding hydrogens is 360 g/mol. The van der Waals surface area contributed by atoms with E-state index in [-0.39, 0.29) is 23.6 Å². The highest BCUT2D eigenvalue weighted by atomic mass is 35.5. The van der Waals surface area contributed by atoms with Crippen LogP contribution in [0.4, 0.5) is 19.4 Å². The molecule has 0 saturated carbocycles. The second-order valence-corrected chi connectivity index (χ2v) is 5.84. The fraction of sp³-hybridized carbons (Fsp3) is 0.0526. The highest BCUT2D eigenvalue weighted by Crippen LogP contribution is 2.23. The third-order valence-corrected chi connectivity index (χ3v) is 3.96. The lowest BCUT2D eigenvalue weighted by atomic mass is 10.1. The van der Waals surface area contributed by atoms with Gasteiger partial charge in [0.1, 0.15) is 17.5 Å². The Balaban J connectivity index is 1.68. The number of hydrogen-bond acceptors (Lipinski definition) is 2. The first kappa shape index (κ1) is 17.8. The van der Waals surface area contributed by atoms with Crippen LogP contribution in [-0.4, -0.2) is 11.0 Å². The van der Waals surface area contributed by atoms with Gasteiger partial charge in [-0.05, 0) is 35.9 Å². The first-order chi connectivity index (χ1) is 12.5. The second-order valence-electron chi connectivity index (χ2n) is 5.43. The van der Waals surface area contributed by atoms with Crippen LogP contribution in [-0.2, 0) is 6.54 Å². The predicted octanol–water partition coefficient (Wildman–Crippen LogP) is 5.00. The van der Waals surface area contributed by atoms with Crippen molar-refractivity contribution < 1.29 is 13.6 Å². The summed E-state index contributed by atoms with van der Waals surface area (Å²) < 4.78 is 26.9. The normalized spacial score (nSPS) is 10.4. The summed E-state index contributed by atoms with van der Waals surface area (Å²) in [5.41, 5.74) is 1.21. The van der Waals surface area contributed by atoms with Gasteiger partial charge in [0, 0.05) is 23.2 Å². The molecule has 0 fully saturated rings. The second kappa shape index (κ2) is 7.93. The van der Waals surface area contributed by atoms with Crippen molar-refractivity contribution in [2.24, 2.45) is 0 Å². The molecule has 0 atom stereocenters. The van der Waals surface area contributed by atoms with Crippen LogP contribution in [0, 0.1) is 11.6 Å². The zero-order chi connectivity index (χ0) is 18.5. The lowest BCUT2D eigenvalue weighted by molar-refractivity contribution is 0.251. The van der Waals surface area contributed by atoms with Gasteiger partial charge in [0.2, 0.25) is 0 Å². The van der Waals surface area contributed by atoms with Crippen molar-refractivity contribution in [1.82, 2.24) is 10.3 Å². The quantitative estimate of drug-likeness (QED) is 0.676. The van der Waals surface area contributed by atoms with Crippen molar-refractivity contribution >= 4 is 23.4 Å². The lowest BCUT2D eigenvalue weighted by Gasteiger charge is -2.09. The number of nitrogens with one attached hydrogen (secondary N) is 2. The fourth-order valence-electron chi connectivity index (χ4n) is 2.33. The largest absolute Gasteiger partial charge is 0.334 e. The van der Waals surface area contributed by atoms with Gasteiger partial charge in [0.05, 0.1) is 5.69 Å². The van der Waals surface area contributed by atoms with E-state index in [1.807, 2.05) is 6.07 Å². The van der Waals surface area contributed by atoms with Crippen molar-refractivity contribution in [2.45, 2.75) is 6.54 Å². The van der Waals surface area contributed by atoms with Gasteiger partial charge in [0.15, 0.2) is 0 Å². The summed E-state index contributed by atoms with van der Waals surface area (Å²) in [6.45, 7) is 0.248. The number of urea groups is 1. The number of carbonyl (C=O) groups excluding carboxylic acids is 1. The number of rotatable bonds is 4. The number of halogens is 3. The van der Waals surface area contributed by atoms with Crippen LogP contribution in [0.3, 0.4) is 0 Å². The zero-order valence-electron chi connectivity index (χ0n) is 13.5. The molecule has 0 aliphatic heterocycles. The minimum absolute atomic E-state index is 0.145. The number of aromatic nitrogens is 1. The lowest BCUT2D eigenvalue weighted by Crippen LogP contribution is -2.28. The van der Waals surface area contributed by atoms with E-state index in [9.17, 15) is 13.6 Å². The van der Waals surface area contributed by atoms with Crippen molar-refractivity contribution in [3.05, 3.63) is 82.9 Å². The highest BCUT2D eigenvalue weighted by Gasteiger charge is 2.10. The van der Waals surface area contributed by atoms with Gasteiger partial charge in [-0.3, -0.25) is 5.32 Å². The number of amides is 2. The summed E-state index contributed by atoms with van der Waals surface area (Å²) in [5, 5.41) is 5.80. The number of hydrogen-bond donors (Lipinski definition) is 2. The van der Waals surface area contributed by atoms with Gasteiger partial charge in [-0.2, -0.15) is 0 Å². The topological polar surface area (TPSA) is 54.0 Å². The summed E-state index contributed by atoms with van der Waals surface area (Å²) in [4.78, 5) is 16.2. The molecule has 132 valence electrons. The van der Waals surface area contributed by atoms with E-state index in [1.54, 1.807) is 36.4 Å². The molecule has 7 heteroatoms. The third-order valence-electron chi connectivity index (χ3n) is 3.60. The van der Waals surface area contributed by atoms with E-state index in [4.69, 9.17) is 11.6 Å². The molecule has 2 N–H and O–H groups in total. The van der Waals surface area contributed by atoms with Crippen LogP contribution >= 0.6 is 11.6 Å². The molecule has 1 aromatic heterocycles. The van der Waals surface area contributed by atoms with Crippen molar-refractivity contribution in [3.8, 4) is 11.3 Å². The van der Waals surface area contributed by atoms with Gasteiger partial charge < -0.3 is 5.32 Å². The third kappa shape index (κ3) is 4.34. The zero-order valence-corrected chi connectivity index (χ0v) is 14.2. The number of benzene rings is 2. The number of pyridine rings is 1. The maximum Gasteiger partial charge on any atom is 0.320 e. The fourth-order valence-corrected chi connectivity index (χ4v) is 2.53. The molecule has 1 heterocycles. The monoisotopic (exact) mass is 373 g/mol. The number of carbonyl (C=O) groups is 1. The van der Waals surface area contributed by atoms with E-state index in [0.717, 1.165) is 17.7 Å². The first-order valence-electron chi connectivity index (χ1n) is 7.73. The van der Waals surface area contributed by atoms with Crippen molar-refractivity contribution in [3.63, 3.8) is 0 Å². The Morgan fingerprint density at radius 1 is 1.04 bits per heavy atom. The Hall–Kier alpha value is -2.99. The summed E-state index contributed by atoms with van der Waals surface area (Å²) in [7, 11) is 0. The summed E-state index contributed by atoms with van der Waals surface area (Å²) >= 11 is 6.04. The molecule has 3 aromatic rings. The van der Waals surface area contributed by atoms with Crippen molar-refractivity contribution in [1.29, 1.82) is 0 Å².